The van der Waals surface area contributed by atoms with Crippen LogP contribution in [-0.4, -0.2) is 16.1 Å². The Kier molecular flexibility index (Phi) is 5.33. The Morgan fingerprint density at radius 1 is 1.08 bits per heavy atom. The molecule has 4 nitrogen and oxygen atoms in total. The lowest BCUT2D eigenvalue weighted by Gasteiger charge is -2.24. The molecule has 0 radical (unpaired) electrons. The van der Waals surface area contributed by atoms with Crippen LogP contribution in [0, 0.1) is 0 Å². The Bertz CT molecular complexity index is 809. The third-order valence-electron chi connectivity index (χ3n) is 3.79. The number of hydrogen-bond acceptors (Lipinski definition) is 4. The van der Waals surface area contributed by atoms with Gasteiger partial charge in [0.1, 0.15) is 5.54 Å². The number of aromatic nitrogens is 2. The van der Waals surface area contributed by atoms with Gasteiger partial charge in [-0.15, -0.1) is 21.8 Å². The lowest BCUT2D eigenvalue weighted by molar-refractivity contribution is 0.313. The zero-order valence-corrected chi connectivity index (χ0v) is 15.5. The van der Waals surface area contributed by atoms with Gasteiger partial charge < -0.3 is 4.42 Å². The fourth-order valence-electron chi connectivity index (χ4n) is 2.26. The fraction of sp³-hybridized carbons (Fsp3) is 0.222. The molecule has 3 rings (SSSR count). The van der Waals surface area contributed by atoms with Gasteiger partial charge in [-0.05, 0) is 40.5 Å². The number of hydrogen-bond donors (Lipinski definition) is 1. The van der Waals surface area contributed by atoms with Gasteiger partial charge in [-0.2, -0.15) is 0 Å². The quantitative estimate of drug-likeness (QED) is 0.601. The molecule has 0 saturated heterocycles. The maximum absolute atomic E-state index is 6.20. The summed E-state index contributed by atoms with van der Waals surface area (Å²) in [5, 5.41) is 11.8. The van der Waals surface area contributed by atoms with Crippen molar-refractivity contribution >= 4 is 27.5 Å². The number of rotatable bonds is 6. The maximum Gasteiger partial charge on any atom is 0.248 e. The third kappa shape index (κ3) is 3.69. The molecule has 24 heavy (non-hydrogen) atoms. The van der Waals surface area contributed by atoms with Crippen molar-refractivity contribution < 1.29 is 4.42 Å². The highest BCUT2D eigenvalue weighted by molar-refractivity contribution is 9.10. The molecule has 1 aromatic heterocycles. The van der Waals surface area contributed by atoms with E-state index in [1.54, 1.807) is 0 Å². The number of nitrogens with one attached hydrogen (secondary N) is 1. The van der Waals surface area contributed by atoms with Crippen LogP contribution in [0.5, 0.6) is 0 Å². The van der Waals surface area contributed by atoms with Gasteiger partial charge >= 0.3 is 0 Å². The monoisotopic (exact) mass is 405 g/mol. The third-order valence-corrected chi connectivity index (χ3v) is 5.02. The van der Waals surface area contributed by atoms with E-state index in [0.29, 0.717) is 24.2 Å². The molecular formula is C18H17BrClN3O. The molecule has 0 amide bonds. The average molecular weight is 407 g/mol. The van der Waals surface area contributed by atoms with E-state index in [4.69, 9.17) is 16.0 Å². The van der Waals surface area contributed by atoms with Crippen molar-refractivity contribution in [2.75, 3.05) is 5.88 Å². The molecule has 1 heterocycles. The molecule has 2 aromatic carbocycles. The smallest absolute Gasteiger partial charge is 0.248 e. The van der Waals surface area contributed by atoms with E-state index in [1.807, 2.05) is 49.4 Å². The highest BCUT2D eigenvalue weighted by Gasteiger charge is 2.32. The van der Waals surface area contributed by atoms with Crippen molar-refractivity contribution in [3.63, 3.8) is 0 Å². The first-order valence-electron chi connectivity index (χ1n) is 7.56. The van der Waals surface area contributed by atoms with Gasteiger partial charge in [-0.3, -0.25) is 5.32 Å². The molecule has 0 bridgehead atoms. The van der Waals surface area contributed by atoms with E-state index in [0.717, 1.165) is 10.0 Å². The zero-order valence-electron chi connectivity index (χ0n) is 13.2. The second kappa shape index (κ2) is 7.47. The van der Waals surface area contributed by atoms with Crippen molar-refractivity contribution in [2.45, 2.75) is 19.0 Å². The molecule has 0 aliphatic heterocycles. The SMILES string of the molecule is CC(CCl)(NCc1ccccc1)c1nnc(-c2ccccc2Br)o1. The fourth-order valence-corrected chi connectivity index (χ4v) is 2.93. The second-order valence-corrected chi connectivity index (χ2v) is 6.82. The van der Waals surface area contributed by atoms with Gasteiger partial charge in [0.05, 0.1) is 5.56 Å². The molecule has 0 aliphatic rings. The minimum Gasteiger partial charge on any atom is -0.419 e. The number of halogens is 2. The van der Waals surface area contributed by atoms with Crippen molar-refractivity contribution in [1.29, 1.82) is 0 Å². The zero-order chi connectivity index (χ0) is 17.0. The second-order valence-electron chi connectivity index (χ2n) is 5.70. The van der Waals surface area contributed by atoms with Gasteiger partial charge in [0, 0.05) is 16.9 Å². The highest BCUT2D eigenvalue weighted by Crippen LogP contribution is 2.30. The van der Waals surface area contributed by atoms with Crippen molar-refractivity contribution in [3.05, 3.63) is 70.5 Å². The van der Waals surface area contributed by atoms with Gasteiger partial charge in [-0.1, -0.05) is 42.5 Å². The molecule has 3 aromatic rings. The Morgan fingerprint density at radius 3 is 2.50 bits per heavy atom. The van der Waals surface area contributed by atoms with Gasteiger partial charge in [0.25, 0.3) is 0 Å². The molecule has 1 unspecified atom stereocenters. The maximum atomic E-state index is 6.20. The van der Waals surface area contributed by atoms with Crippen LogP contribution in [0.1, 0.15) is 18.4 Å². The molecule has 1 N–H and O–H groups in total. The first-order valence-corrected chi connectivity index (χ1v) is 8.89. The van der Waals surface area contributed by atoms with E-state index in [2.05, 4.69) is 43.6 Å². The molecule has 6 heteroatoms. The van der Waals surface area contributed by atoms with E-state index >= 15 is 0 Å². The summed E-state index contributed by atoms with van der Waals surface area (Å²) in [7, 11) is 0. The molecule has 0 fully saturated rings. The molecule has 0 spiro atoms. The summed E-state index contributed by atoms with van der Waals surface area (Å²) in [5.41, 5.74) is 1.42. The van der Waals surface area contributed by atoms with Crippen LogP contribution in [0.25, 0.3) is 11.5 Å². The van der Waals surface area contributed by atoms with Crippen molar-refractivity contribution in [1.82, 2.24) is 15.5 Å². The van der Waals surface area contributed by atoms with E-state index in [1.165, 1.54) is 5.56 Å². The van der Waals surface area contributed by atoms with Crippen molar-refractivity contribution in [3.8, 4) is 11.5 Å². The van der Waals surface area contributed by atoms with E-state index in [-0.39, 0.29) is 0 Å². The summed E-state index contributed by atoms with van der Waals surface area (Å²) >= 11 is 9.70. The average Bonchev–Trinajstić information content (AvgIpc) is 3.11. The summed E-state index contributed by atoms with van der Waals surface area (Å²) < 4.78 is 6.80. The first kappa shape index (κ1) is 17.1. The summed E-state index contributed by atoms with van der Waals surface area (Å²) in [6.07, 6.45) is 0. The van der Waals surface area contributed by atoms with Crippen LogP contribution in [-0.2, 0) is 12.1 Å². The summed E-state index contributed by atoms with van der Waals surface area (Å²) in [6.45, 7) is 2.62. The number of benzene rings is 2. The lowest BCUT2D eigenvalue weighted by Crippen LogP contribution is -2.41. The molecule has 0 saturated carbocycles. The summed E-state index contributed by atoms with van der Waals surface area (Å²) in [4.78, 5) is 0. The summed E-state index contributed by atoms with van der Waals surface area (Å²) in [5.74, 6) is 1.26. The van der Waals surface area contributed by atoms with Gasteiger partial charge in [0.2, 0.25) is 11.8 Å². The molecule has 124 valence electrons. The van der Waals surface area contributed by atoms with Gasteiger partial charge in [-0.25, -0.2) is 0 Å². The van der Waals surface area contributed by atoms with E-state index in [9.17, 15) is 0 Å². The molecule has 0 aliphatic carbocycles. The Morgan fingerprint density at radius 2 is 1.79 bits per heavy atom. The van der Waals surface area contributed by atoms with Crippen LogP contribution in [0.3, 0.4) is 0 Å². The van der Waals surface area contributed by atoms with Crippen LogP contribution in [0.4, 0.5) is 0 Å². The Hall–Kier alpha value is -1.69. The largest absolute Gasteiger partial charge is 0.419 e. The summed E-state index contributed by atoms with van der Waals surface area (Å²) in [6, 6.07) is 17.9. The number of nitrogens with zero attached hydrogens (tertiary/aromatic N) is 2. The van der Waals surface area contributed by atoms with Crippen LogP contribution in [0.2, 0.25) is 0 Å². The minimum absolute atomic E-state index is 0.317. The van der Waals surface area contributed by atoms with Crippen LogP contribution in [0.15, 0.2) is 63.5 Å². The lowest BCUT2D eigenvalue weighted by atomic mass is 10.0. The Balaban J connectivity index is 1.82. The van der Waals surface area contributed by atoms with Gasteiger partial charge in [0.15, 0.2) is 0 Å². The highest BCUT2D eigenvalue weighted by atomic mass is 79.9. The van der Waals surface area contributed by atoms with Crippen LogP contribution < -0.4 is 5.32 Å². The van der Waals surface area contributed by atoms with E-state index < -0.39 is 5.54 Å². The molecular weight excluding hydrogens is 390 g/mol. The van der Waals surface area contributed by atoms with Crippen molar-refractivity contribution in [2.24, 2.45) is 0 Å². The first-order chi connectivity index (χ1) is 11.6. The predicted molar refractivity (Wildman–Crippen MR) is 98.8 cm³/mol. The standard InChI is InChI=1S/C18H17BrClN3O/c1-18(12-20,21-11-13-7-3-2-4-8-13)17-23-22-16(24-17)14-9-5-6-10-15(14)19/h2-10,21H,11-12H2,1H3. The number of alkyl halides is 1. The minimum atomic E-state index is -0.607. The molecule has 1 atom stereocenters. The topological polar surface area (TPSA) is 51.0 Å². The Labute approximate surface area is 154 Å². The normalized spacial score (nSPS) is 13.6. The predicted octanol–water partition coefficient (Wildman–Crippen LogP) is 4.74. The van der Waals surface area contributed by atoms with Crippen LogP contribution >= 0.6 is 27.5 Å².